The molecule has 1 aliphatic carbocycles. The fourth-order valence-corrected chi connectivity index (χ4v) is 0.767. The molecule has 0 nitrogen and oxygen atoms in total. The summed E-state index contributed by atoms with van der Waals surface area (Å²) in [7, 11) is 0. The highest BCUT2D eigenvalue weighted by Gasteiger charge is 2.08. The van der Waals surface area contributed by atoms with Gasteiger partial charge >= 0.3 is 0 Å². The molecule has 1 aliphatic rings. The van der Waals surface area contributed by atoms with Crippen molar-refractivity contribution in [2.75, 3.05) is 0 Å². The van der Waals surface area contributed by atoms with Crippen molar-refractivity contribution in [3.05, 3.63) is 41.2 Å². The lowest BCUT2D eigenvalue weighted by Crippen LogP contribution is -1.92. The summed E-state index contributed by atoms with van der Waals surface area (Å²) in [5.74, 6) is 2.29. The van der Waals surface area contributed by atoms with Gasteiger partial charge in [0, 0.05) is 11.1 Å². The standard InChI is InChI=1S/C10H6F2/c1-2-8-5-3-4-6-9(7-8)10(11)12/h1,3,5-7,10H. The molecule has 0 unspecified atom stereocenters. The van der Waals surface area contributed by atoms with E-state index in [-0.39, 0.29) is 5.57 Å². The minimum absolute atomic E-state index is 0.104. The first-order valence-electron chi connectivity index (χ1n) is 3.33. The molecule has 0 aliphatic heterocycles. The van der Waals surface area contributed by atoms with Gasteiger partial charge in [0.15, 0.2) is 0 Å². The normalized spacial score (nSPS) is 15.2. The van der Waals surface area contributed by atoms with E-state index in [1.807, 2.05) is 0 Å². The minimum Gasteiger partial charge on any atom is -0.205 e. The van der Waals surface area contributed by atoms with Gasteiger partial charge in [-0.15, -0.1) is 12.2 Å². The number of halogens is 2. The number of hydrogen-bond acceptors (Lipinski definition) is 0. The van der Waals surface area contributed by atoms with Crippen LogP contribution in [0, 0.1) is 12.3 Å². The molecule has 0 aromatic carbocycles. The second kappa shape index (κ2) is 3.71. The summed E-state index contributed by atoms with van der Waals surface area (Å²) in [5.41, 5.74) is 2.91. The van der Waals surface area contributed by atoms with Gasteiger partial charge in [-0.05, 0) is 24.3 Å². The first kappa shape index (κ1) is 8.52. The fraction of sp³-hybridized carbons (Fsp3) is 0.100. The Labute approximate surface area is 69.6 Å². The molecule has 0 bridgehead atoms. The van der Waals surface area contributed by atoms with Crippen LogP contribution in [0.3, 0.4) is 0 Å². The number of rotatable bonds is 1. The van der Waals surface area contributed by atoms with Crippen LogP contribution in [-0.4, -0.2) is 6.43 Å². The van der Waals surface area contributed by atoms with Crippen molar-refractivity contribution in [2.24, 2.45) is 0 Å². The zero-order chi connectivity index (χ0) is 8.97. The Morgan fingerprint density at radius 3 is 2.83 bits per heavy atom. The molecule has 0 saturated heterocycles. The summed E-state index contributed by atoms with van der Waals surface area (Å²) in [6, 6.07) is 0. The lowest BCUT2D eigenvalue weighted by molar-refractivity contribution is 0.194. The van der Waals surface area contributed by atoms with Crippen molar-refractivity contribution in [1.29, 1.82) is 0 Å². The predicted molar refractivity (Wildman–Crippen MR) is 43.7 cm³/mol. The zero-order valence-electron chi connectivity index (χ0n) is 6.22. The lowest BCUT2D eigenvalue weighted by atomic mass is 10.2. The summed E-state index contributed by atoms with van der Waals surface area (Å²) >= 11 is 0. The highest BCUT2D eigenvalue weighted by Crippen LogP contribution is 2.14. The maximum atomic E-state index is 12.2. The minimum atomic E-state index is -2.50. The molecule has 1 rings (SSSR count). The van der Waals surface area contributed by atoms with Gasteiger partial charge in [-0.1, -0.05) is 5.92 Å². The average molecular weight is 164 g/mol. The maximum absolute atomic E-state index is 12.2. The summed E-state index contributed by atoms with van der Waals surface area (Å²) < 4.78 is 24.3. The van der Waals surface area contributed by atoms with Crippen molar-refractivity contribution in [1.82, 2.24) is 0 Å². The van der Waals surface area contributed by atoms with Crippen LogP contribution >= 0.6 is 0 Å². The van der Waals surface area contributed by atoms with Gasteiger partial charge < -0.3 is 0 Å². The quantitative estimate of drug-likeness (QED) is 0.412. The molecule has 0 fully saturated rings. The van der Waals surface area contributed by atoms with Gasteiger partial charge in [0.25, 0.3) is 6.43 Å². The molecular weight excluding hydrogens is 158 g/mol. The SMILES string of the molecule is C#CC1=CC=C=CC(C(F)F)=C1. The van der Waals surface area contributed by atoms with Gasteiger partial charge in [-0.3, -0.25) is 0 Å². The zero-order valence-corrected chi connectivity index (χ0v) is 6.22. The average Bonchev–Trinajstić information content (AvgIpc) is 2.28. The summed E-state index contributed by atoms with van der Waals surface area (Å²) in [6.45, 7) is 0. The monoisotopic (exact) mass is 164 g/mol. The van der Waals surface area contributed by atoms with Crippen LogP contribution < -0.4 is 0 Å². The van der Waals surface area contributed by atoms with Crippen molar-refractivity contribution in [2.45, 2.75) is 6.43 Å². The molecule has 60 valence electrons. The number of alkyl halides is 2. The van der Waals surface area contributed by atoms with Gasteiger partial charge in [0.05, 0.1) is 0 Å². The van der Waals surface area contributed by atoms with Gasteiger partial charge in [0.2, 0.25) is 0 Å². The fourth-order valence-electron chi connectivity index (χ4n) is 0.767. The molecule has 0 heterocycles. The van der Waals surface area contributed by atoms with Crippen LogP contribution in [0.2, 0.25) is 0 Å². The third-order valence-electron chi connectivity index (χ3n) is 1.35. The van der Waals surface area contributed by atoms with E-state index in [9.17, 15) is 8.78 Å². The summed E-state index contributed by atoms with van der Waals surface area (Å²) in [6.07, 6.45) is 8.15. The molecule has 12 heavy (non-hydrogen) atoms. The topological polar surface area (TPSA) is 0 Å². The molecule has 0 amide bonds. The van der Waals surface area contributed by atoms with E-state index in [4.69, 9.17) is 6.42 Å². The van der Waals surface area contributed by atoms with E-state index in [0.717, 1.165) is 0 Å². The number of allylic oxidation sites excluding steroid dienone is 5. The van der Waals surface area contributed by atoms with E-state index in [1.54, 1.807) is 6.08 Å². The number of terminal acetylenes is 1. The van der Waals surface area contributed by atoms with Gasteiger partial charge in [0.1, 0.15) is 0 Å². The Balaban J connectivity index is 3.04. The molecule has 0 aromatic rings. The second-order valence-corrected chi connectivity index (χ2v) is 2.19. The molecule has 0 aromatic heterocycles. The van der Waals surface area contributed by atoms with E-state index in [2.05, 4.69) is 11.7 Å². The summed E-state index contributed by atoms with van der Waals surface area (Å²) in [4.78, 5) is 0. The van der Waals surface area contributed by atoms with Gasteiger partial charge in [-0.2, -0.15) is 0 Å². The molecular formula is C10H6F2. The first-order chi connectivity index (χ1) is 5.74. The third-order valence-corrected chi connectivity index (χ3v) is 1.35. The van der Waals surface area contributed by atoms with Crippen LogP contribution in [0.4, 0.5) is 8.78 Å². The van der Waals surface area contributed by atoms with Crippen LogP contribution in [0.5, 0.6) is 0 Å². The molecule has 2 heteroatoms. The van der Waals surface area contributed by atoms with Crippen LogP contribution in [0.15, 0.2) is 41.2 Å². The van der Waals surface area contributed by atoms with Crippen LogP contribution in [0.1, 0.15) is 0 Å². The van der Waals surface area contributed by atoms with Gasteiger partial charge in [-0.25, -0.2) is 8.78 Å². The molecule has 0 radical (unpaired) electrons. The predicted octanol–water partition coefficient (Wildman–Crippen LogP) is 2.46. The Hall–Kier alpha value is -1.58. The Bertz CT molecular complexity index is 331. The first-order valence-corrected chi connectivity index (χ1v) is 3.33. The molecule has 0 N–H and O–H groups in total. The highest BCUT2D eigenvalue weighted by molar-refractivity contribution is 5.45. The third kappa shape index (κ3) is 1.95. The smallest absolute Gasteiger partial charge is 0.205 e. The van der Waals surface area contributed by atoms with Crippen molar-refractivity contribution in [3.63, 3.8) is 0 Å². The largest absolute Gasteiger partial charge is 0.264 e. The molecule has 0 spiro atoms. The van der Waals surface area contributed by atoms with E-state index in [1.165, 1.54) is 18.2 Å². The van der Waals surface area contributed by atoms with E-state index < -0.39 is 6.43 Å². The molecule has 0 saturated carbocycles. The Kier molecular flexibility index (Phi) is 2.63. The van der Waals surface area contributed by atoms with Crippen molar-refractivity contribution < 1.29 is 8.78 Å². The van der Waals surface area contributed by atoms with Crippen molar-refractivity contribution >= 4 is 0 Å². The maximum Gasteiger partial charge on any atom is 0.264 e. The number of hydrogen-bond donors (Lipinski definition) is 0. The van der Waals surface area contributed by atoms with E-state index >= 15 is 0 Å². The lowest BCUT2D eigenvalue weighted by Gasteiger charge is -1.96. The highest BCUT2D eigenvalue weighted by atomic mass is 19.3. The van der Waals surface area contributed by atoms with Crippen molar-refractivity contribution in [3.8, 4) is 12.3 Å². The van der Waals surface area contributed by atoms with E-state index in [0.29, 0.717) is 5.57 Å². The second-order valence-electron chi connectivity index (χ2n) is 2.19. The Morgan fingerprint density at radius 2 is 2.25 bits per heavy atom. The molecule has 0 atom stereocenters. The van der Waals surface area contributed by atoms with Crippen LogP contribution in [0.25, 0.3) is 0 Å². The summed E-state index contributed by atoms with van der Waals surface area (Å²) in [5, 5.41) is 0. The van der Waals surface area contributed by atoms with Crippen LogP contribution in [-0.2, 0) is 0 Å². The Morgan fingerprint density at radius 1 is 1.50 bits per heavy atom.